The van der Waals surface area contributed by atoms with E-state index in [-0.39, 0.29) is 5.60 Å². The molecule has 0 spiro atoms. The first kappa shape index (κ1) is 13.9. The lowest BCUT2D eigenvalue weighted by molar-refractivity contribution is 0.122. The van der Waals surface area contributed by atoms with Gasteiger partial charge in [0.15, 0.2) is 5.16 Å². The van der Waals surface area contributed by atoms with Crippen molar-refractivity contribution in [2.75, 3.05) is 0 Å². The van der Waals surface area contributed by atoms with E-state index >= 15 is 0 Å². The molecule has 19 heavy (non-hydrogen) atoms. The van der Waals surface area contributed by atoms with Crippen LogP contribution in [0.5, 0.6) is 5.88 Å². The van der Waals surface area contributed by atoms with E-state index in [1.54, 1.807) is 24.0 Å². The summed E-state index contributed by atoms with van der Waals surface area (Å²) >= 11 is 1.61. The van der Waals surface area contributed by atoms with E-state index in [2.05, 4.69) is 22.1 Å². The first-order valence-corrected chi connectivity index (χ1v) is 7.20. The molecule has 100 valence electrons. The molecule has 0 amide bonds. The van der Waals surface area contributed by atoms with Crippen LogP contribution in [0.15, 0.2) is 47.8 Å². The highest BCUT2D eigenvalue weighted by Gasteiger charge is 2.13. The van der Waals surface area contributed by atoms with E-state index in [1.807, 2.05) is 39.0 Å². The zero-order chi connectivity index (χ0) is 13.7. The monoisotopic (exact) mass is 274 g/mol. The summed E-state index contributed by atoms with van der Waals surface area (Å²) in [7, 11) is 0. The number of rotatable bonds is 4. The highest BCUT2D eigenvalue weighted by Crippen LogP contribution is 2.22. The molecule has 1 heterocycles. The summed E-state index contributed by atoms with van der Waals surface area (Å²) in [5.41, 5.74) is 1.02. The molecule has 0 saturated heterocycles. The minimum absolute atomic E-state index is 0.240. The van der Waals surface area contributed by atoms with E-state index in [4.69, 9.17) is 4.74 Å². The van der Waals surface area contributed by atoms with Gasteiger partial charge in [0.05, 0.1) is 0 Å². The average molecular weight is 274 g/mol. The second kappa shape index (κ2) is 6.06. The molecule has 0 atom stereocenters. The number of nitrogens with zero attached hydrogens (tertiary/aromatic N) is 2. The van der Waals surface area contributed by atoms with Crippen molar-refractivity contribution in [2.45, 2.75) is 37.3 Å². The number of thioether (sulfide) groups is 1. The maximum absolute atomic E-state index is 5.73. The molecule has 3 nitrogen and oxygen atoms in total. The zero-order valence-electron chi connectivity index (χ0n) is 11.5. The summed E-state index contributed by atoms with van der Waals surface area (Å²) in [4.78, 5) is 8.66. The number of hydrogen-bond acceptors (Lipinski definition) is 4. The number of benzene rings is 1. The molecule has 0 unspecified atom stereocenters. The lowest BCUT2D eigenvalue weighted by Gasteiger charge is -2.20. The molecule has 1 aromatic carbocycles. The largest absolute Gasteiger partial charge is 0.472 e. The van der Waals surface area contributed by atoms with Crippen LogP contribution in [0.3, 0.4) is 0 Å². The van der Waals surface area contributed by atoms with Gasteiger partial charge in [0.1, 0.15) is 5.60 Å². The number of aromatic nitrogens is 2. The Morgan fingerprint density at radius 2 is 1.84 bits per heavy atom. The Hall–Kier alpha value is -1.55. The van der Waals surface area contributed by atoms with Gasteiger partial charge in [-0.25, -0.2) is 4.98 Å². The van der Waals surface area contributed by atoms with Crippen molar-refractivity contribution in [1.82, 2.24) is 9.97 Å². The van der Waals surface area contributed by atoms with Gasteiger partial charge in [-0.2, -0.15) is 4.98 Å². The number of ether oxygens (including phenoxy) is 1. The summed E-state index contributed by atoms with van der Waals surface area (Å²) in [6.07, 6.45) is 1.74. The first-order valence-electron chi connectivity index (χ1n) is 6.22. The minimum atomic E-state index is -0.240. The fourth-order valence-corrected chi connectivity index (χ4v) is 2.27. The predicted octanol–water partition coefficient (Wildman–Crippen LogP) is 3.95. The van der Waals surface area contributed by atoms with Crippen LogP contribution in [0.25, 0.3) is 0 Å². The van der Waals surface area contributed by atoms with Crippen LogP contribution in [0.2, 0.25) is 0 Å². The molecule has 2 aromatic rings. The molecule has 0 aliphatic carbocycles. The predicted molar refractivity (Wildman–Crippen MR) is 78.4 cm³/mol. The second-order valence-corrected chi connectivity index (χ2v) is 6.11. The van der Waals surface area contributed by atoms with Gasteiger partial charge in [0, 0.05) is 18.0 Å². The van der Waals surface area contributed by atoms with Gasteiger partial charge in [-0.3, -0.25) is 0 Å². The molecular weight excluding hydrogens is 256 g/mol. The van der Waals surface area contributed by atoms with Crippen molar-refractivity contribution >= 4 is 11.8 Å². The fraction of sp³-hybridized carbons (Fsp3) is 0.333. The molecule has 0 aliphatic rings. The van der Waals surface area contributed by atoms with Gasteiger partial charge in [-0.1, -0.05) is 42.1 Å². The summed E-state index contributed by atoms with van der Waals surface area (Å²) in [5, 5.41) is 0.741. The van der Waals surface area contributed by atoms with Crippen LogP contribution in [-0.4, -0.2) is 15.6 Å². The summed E-state index contributed by atoms with van der Waals surface area (Å²) in [6, 6.07) is 12.1. The third-order valence-electron chi connectivity index (χ3n) is 2.23. The Labute approximate surface area is 118 Å². The van der Waals surface area contributed by atoms with Crippen molar-refractivity contribution in [3.05, 3.63) is 48.2 Å². The first-order chi connectivity index (χ1) is 9.03. The van der Waals surface area contributed by atoms with E-state index in [1.165, 1.54) is 5.56 Å². The molecule has 0 aliphatic heterocycles. The average Bonchev–Trinajstić information content (AvgIpc) is 2.36. The Bertz CT molecular complexity index is 523. The lowest BCUT2D eigenvalue weighted by atomic mass is 10.2. The van der Waals surface area contributed by atoms with Gasteiger partial charge in [0.25, 0.3) is 0 Å². The summed E-state index contributed by atoms with van der Waals surface area (Å²) < 4.78 is 5.73. The normalized spacial score (nSPS) is 11.3. The zero-order valence-corrected chi connectivity index (χ0v) is 12.3. The topological polar surface area (TPSA) is 35.0 Å². The summed E-state index contributed by atoms with van der Waals surface area (Å²) in [6.45, 7) is 6.02. The molecular formula is C15H18N2OS. The van der Waals surface area contributed by atoms with Crippen LogP contribution >= 0.6 is 11.8 Å². The molecule has 2 rings (SSSR count). The Morgan fingerprint density at radius 1 is 1.11 bits per heavy atom. The van der Waals surface area contributed by atoms with E-state index < -0.39 is 0 Å². The SMILES string of the molecule is CC(C)(C)Oc1ccnc(SCc2ccccc2)n1. The maximum atomic E-state index is 5.73. The van der Waals surface area contributed by atoms with Gasteiger partial charge in [0.2, 0.25) is 5.88 Å². The van der Waals surface area contributed by atoms with Gasteiger partial charge < -0.3 is 4.74 Å². The highest BCUT2D eigenvalue weighted by molar-refractivity contribution is 7.98. The molecule has 0 saturated carbocycles. The minimum Gasteiger partial charge on any atom is -0.472 e. The van der Waals surface area contributed by atoms with Crippen LogP contribution in [0, 0.1) is 0 Å². The quantitative estimate of drug-likeness (QED) is 0.624. The van der Waals surface area contributed by atoms with E-state index in [9.17, 15) is 0 Å². The van der Waals surface area contributed by atoms with E-state index in [0.29, 0.717) is 5.88 Å². The highest BCUT2D eigenvalue weighted by atomic mass is 32.2. The Balaban J connectivity index is 1.99. The van der Waals surface area contributed by atoms with Crippen LogP contribution < -0.4 is 4.74 Å². The van der Waals surface area contributed by atoms with Crippen molar-refractivity contribution in [3.8, 4) is 5.88 Å². The smallest absolute Gasteiger partial charge is 0.217 e. The van der Waals surface area contributed by atoms with Crippen LogP contribution in [-0.2, 0) is 5.75 Å². The van der Waals surface area contributed by atoms with Crippen LogP contribution in [0.1, 0.15) is 26.3 Å². The molecule has 0 fully saturated rings. The number of hydrogen-bond donors (Lipinski definition) is 0. The van der Waals surface area contributed by atoms with Crippen molar-refractivity contribution in [1.29, 1.82) is 0 Å². The lowest BCUT2D eigenvalue weighted by Crippen LogP contribution is -2.23. The Morgan fingerprint density at radius 3 is 2.53 bits per heavy atom. The standard InChI is InChI=1S/C15H18N2OS/c1-15(2,3)18-13-9-10-16-14(17-13)19-11-12-7-5-4-6-8-12/h4-10H,11H2,1-3H3. The fourth-order valence-electron chi connectivity index (χ4n) is 1.49. The van der Waals surface area contributed by atoms with Crippen molar-refractivity contribution in [3.63, 3.8) is 0 Å². The van der Waals surface area contributed by atoms with E-state index in [0.717, 1.165) is 10.9 Å². The Kier molecular flexibility index (Phi) is 4.43. The van der Waals surface area contributed by atoms with Crippen molar-refractivity contribution < 1.29 is 4.74 Å². The maximum Gasteiger partial charge on any atom is 0.217 e. The third kappa shape index (κ3) is 4.91. The van der Waals surface area contributed by atoms with Gasteiger partial charge in [-0.15, -0.1) is 0 Å². The third-order valence-corrected chi connectivity index (χ3v) is 3.16. The molecule has 0 radical (unpaired) electrons. The second-order valence-electron chi connectivity index (χ2n) is 5.17. The van der Waals surface area contributed by atoms with Crippen molar-refractivity contribution in [2.24, 2.45) is 0 Å². The summed E-state index contributed by atoms with van der Waals surface area (Å²) in [5.74, 6) is 1.48. The molecule has 0 bridgehead atoms. The van der Waals surface area contributed by atoms with Gasteiger partial charge >= 0.3 is 0 Å². The molecule has 0 N–H and O–H groups in total. The van der Waals surface area contributed by atoms with Gasteiger partial charge in [-0.05, 0) is 26.3 Å². The molecule has 1 aromatic heterocycles. The van der Waals surface area contributed by atoms with Crippen LogP contribution in [0.4, 0.5) is 0 Å². The molecule has 4 heteroatoms.